The highest BCUT2D eigenvalue weighted by atomic mass is 32.1. The minimum absolute atomic E-state index is 0.0603. The number of esters is 1. The van der Waals surface area contributed by atoms with Crippen LogP contribution in [0.5, 0.6) is 17.2 Å². The van der Waals surface area contributed by atoms with Gasteiger partial charge in [0, 0.05) is 17.2 Å². The SMILES string of the molecule is CCOC(=O)C1=C(C)N=c2sc(=Cc3ccccc3O)c(=O)n2C1c1ccc(OC)cc1OC. The van der Waals surface area contributed by atoms with E-state index >= 15 is 0 Å². The third-order valence-corrected chi connectivity index (χ3v) is 6.46. The summed E-state index contributed by atoms with van der Waals surface area (Å²) in [6.45, 7) is 3.62. The van der Waals surface area contributed by atoms with Gasteiger partial charge in [-0.1, -0.05) is 29.5 Å². The van der Waals surface area contributed by atoms with Crippen LogP contribution in [0.3, 0.4) is 0 Å². The minimum Gasteiger partial charge on any atom is -0.507 e. The summed E-state index contributed by atoms with van der Waals surface area (Å²) in [4.78, 5) is 31.6. The molecular formula is C25H24N2O6S. The average molecular weight is 481 g/mol. The normalized spacial score (nSPS) is 15.5. The van der Waals surface area contributed by atoms with Crippen LogP contribution in [-0.4, -0.2) is 36.5 Å². The van der Waals surface area contributed by atoms with Crippen LogP contribution < -0.4 is 24.4 Å². The molecule has 34 heavy (non-hydrogen) atoms. The van der Waals surface area contributed by atoms with Gasteiger partial charge in [-0.05, 0) is 38.1 Å². The van der Waals surface area contributed by atoms with Crippen LogP contribution in [0.25, 0.3) is 6.08 Å². The molecule has 3 aromatic rings. The molecule has 0 radical (unpaired) electrons. The number of fused-ring (bicyclic) bond motifs is 1. The number of phenols is 1. The quantitative estimate of drug-likeness (QED) is 0.545. The second kappa shape index (κ2) is 9.56. The third-order valence-electron chi connectivity index (χ3n) is 5.48. The lowest BCUT2D eigenvalue weighted by Gasteiger charge is -2.26. The van der Waals surface area contributed by atoms with E-state index in [1.54, 1.807) is 69.5 Å². The van der Waals surface area contributed by atoms with Gasteiger partial charge in [-0.3, -0.25) is 9.36 Å². The van der Waals surface area contributed by atoms with Gasteiger partial charge in [-0.25, -0.2) is 9.79 Å². The molecule has 0 saturated carbocycles. The summed E-state index contributed by atoms with van der Waals surface area (Å²) in [7, 11) is 3.06. The maximum Gasteiger partial charge on any atom is 0.338 e. The second-order valence-corrected chi connectivity index (χ2v) is 8.48. The topological polar surface area (TPSA) is 99.4 Å². The molecule has 9 heteroatoms. The Kier molecular flexibility index (Phi) is 6.56. The van der Waals surface area contributed by atoms with Crippen LogP contribution in [0.2, 0.25) is 0 Å². The van der Waals surface area contributed by atoms with Gasteiger partial charge in [0.1, 0.15) is 23.3 Å². The maximum atomic E-state index is 13.6. The number of hydrogen-bond acceptors (Lipinski definition) is 8. The van der Waals surface area contributed by atoms with E-state index in [9.17, 15) is 14.7 Å². The van der Waals surface area contributed by atoms with Crippen molar-refractivity contribution in [2.75, 3.05) is 20.8 Å². The van der Waals surface area contributed by atoms with E-state index in [0.29, 0.717) is 37.7 Å². The molecule has 1 atom stereocenters. The first-order valence-corrected chi connectivity index (χ1v) is 11.4. The maximum absolute atomic E-state index is 13.6. The molecule has 1 aliphatic heterocycles. The van der Waals surface area contributed by atoms with Gasteiger partial charge >= 0.3 is 5.97 Å². The highest BCUT2D eigenvalue weighted by Crippen LogP contribution is 2.37. The summed E-state index contributed by atoms with van der Waals surface area (Å²) in [5.74, 6) is 0.536. The molecule has 2 aromatic carbocycles. The molecule has 1 unspecified atom stereocenters. The van der Waals surface area contributed by atoms with E-state index in [2.05, 4.69) is 4.99 Å². The van der Waals surface area contributed by atoms with Gasteiger partial charge in [0.15, 0.2) is 4.80 Å². The van der Waals surface area contributed by atoms with Gasteiger partial charge < -0.3 is 19.3 Å². The van der Waals surface area contributed by atoms with Gasteiger partial charge in [-0.15, -0.1) is 0 Å². The number of benzene rings is 2. The van der Waals surface area contributed by atoms with Crippen molar-refractivity contribution in [2.24, 2.45) is 4.99 Å². The number of phenolic OH excluding ortho intramolecular Hbond substituents is 1. The Bertz CT molecular complexity index is 1470. The molecule has 4 rings (SSSR count). The number of carbonyl (C=O) groups is 1. The van der Waals surface area contributed by atoms with Crippen LogP contribution in [0.4, 0.5) is 0 Å². The monoisotopic (exact) mass is 480 g/mol. The number of para-hydroxylation sites is 1. The van der Waals surface area contributed by atoms with Gasteiger partial charge in [0.2, 0.25) is 0 Å². The molecule has 0 bridgehead atoms. The van der Waals surface area contributed by atoms with Crippen LogP contribution >= 0.6 is 11.3 Å². The predicted molar refractivity (Wildman–Crippen MR) is 128 cm³/mol. The average Bonchev–Trinajstić information content (AvgIpc) is 3.13. The van der Waals surface area contributed by atoms with E-state index in [4.69, 9.17) is 14.2 Å². The number of aromatic nitrogens is 1. The van der Waals surface area contributed by atoms with Crippen molar-refractivity contribution in [2.45, 2.75) is 19.9 Å². The van der Waals surface area contributed by atoms with Gasteiger partial charge in [0.25, 0.3) is 5.56 Å². The highest BCUT2D eigenvalue weighted by molar-refractivity contribution is 7.07. The molecule has 0 spiro atoms. The van der Waals surface area contributed by atoms with E-state index in [1.165, 1.54) is 23.0 Å². The molecule has 2 heterocycles. The lowest BCUT2D eigenvalue weighted by Crippen LogP contribution is -2.40. The Balaban J connectivity index is 2.01. The van der Waals surface area contributed by atoms with Crippen molar-refractivity contribution in [3.05, 3.63) is 84.5 Å². The Labute approximate surface area is 199 Å². The van der Waals surface area contributed by atoms with Gasteiger partial charge in [-0.2, -0.15) is 0 Å². The van der Waals surface area contributed by atoms with Crippen molar-refractivity contribution in [1.29, 1.82) is 0 Å². The zero-order chi connectivity index (χ0) is 24.4. The van der Waals surface area contributed by atoms with E-state index in [0.717, 1.165) is 0 Å². The van der Waals surface area contributed by atoms with Crippen LogP contribution in [0.1, 0.15) is 31.0 Å². The number of nitrogens with zero attached hydrogens (tertiary/aromatic N) is 2. The summed E-state index contributed by atoms with van der Waals surface area (Å²) >= 11 is 1.18. The lowest BCUT2D eigenvalue weighted by molar-refractivity contribution is -0.139. The Morgan fingerprint density at radius 3 is 2.65 bits per heavy atom. The summed E-state index contributed by atoms with van der Waals surface area (Å²) in [6.07, 6.45) is 1.62. The first-order chi connectivity index (χ1) is 16.4. The summed E-state index contributed by atoms with van der Waals surface area (Å²) in [6, 6.07) is 11.1. The fourth-order valence-corrected chi connectivity index (χ4v) is 4.92. The molecule has 8 nitrogen and oxygen atoms in total. The number of hydrogen-bond donors (Lipinski definition) is 1. The molecule has 1 N–H and O–H groups in total. The zero-order valence-corrected chi connectivity index (χ0v) is 20.0. The Hall–Kier alpha value is -3.85. The summed E-state index contributed by atoms with van der Waals surface area (Å²) in [5.41, 5.74) is 1.47. The Morgan fingerprint density at radius 2 is 1.97 bits per heavy atom. The number of ether oxygens (including phenoxy) is 3. The van der Waals surface area contributed by atoms with Crippen LogP contribution in [0.15, 0.2) is 63.5 Å². The van der Waals surface area contributed by atoms with Crippen LogP contribution in [-0.2, 0) is 9.53 Å². The number of allylic oxidation sites excluding steroid dienone is 1. The van der Waals surface area contributed by atoms with E-state index in [1.807, 2.05) is 0 Å². The van der Waals surface area contributed by atoms with Crippen molar-refractivity contribution < 1.29 is 24.1 Å². The zero-order valence-electron chi connectivity index (χ0n) is 19.2. The number of thiazole rings is 1. The standard InChI is InChI=1S/C25H24N2O6S/c1-5-33-24(30)21-14(2)26-25-27(22(21)17-11-10-16(31-3)13-19(17)32-4)23(29)20(34-25)12-15-8-6-7-9-18(15)28/h6-13,22,28H,5H2,1-4H3. The van der Waals surface area contributed by atoms with Crippen molar-refractivity contribution in [1.82, 2.24) is 4.57 Å². The Morgan fingerprint density at radius 1 is 1.21 bits per heavy atom. The van der Waals surface area contributed by atoms with Crippen LogP contribution in [0, 0.1) is 0 Å². The molecule has 0 fully saturated rings. The first-order valence-electron chi connectivity index (χ1n) is 10.6. The molecule has 0 aliphatic carbocycles. The first kappa shape index (κ1) is 23.3. The molecule has 1 aromatic heterocycles. The number of methoxy groups -OCH3 is 2. The van der Waals surface area contributed by atoms with Crippen molar-refractivity contribution in [3.8, 4) is 17.2 Å². The number of carbonyl (C=O) groups excluding carboxylic acids is 1. The smallest absolute Gasteiger partial charge is 0.338 e. The molecular weight excluding hydrogens is 456 g/mol. The highest BCUT2D eigenvalue weighted by Gasteiger charge is 2.35. The molecule has 0 saturated heterocycles. The molecule has 0 amide bonds. The fourth-order valence-electron chi connectivity index (χ4n) is 3.88. The largest absolute Gasteiger partial charge is 0.507 e. The molecule has 176 valence electrons. The number of aromatic hydroxyl groups is 1. The second-order valence-electron chi connectivity index (χ2n) is 7.47. The van der Waals surface area contributed by atoms with Crippen molar-refractivity contribution in [3.63, 3.8) is 0 Å². The number of rotatable bonds is 6. The minimum atomic E-state index is -0.817. The van der Waals surface area contributed by atoms with Crippen molar-refractivity contribution >= 4 is 23.4 Å². The molecule has 1 aliphatic rings. The summed E-state index contributed by atoms with van der Waals surface area (Å²) in [5, 5.41) is 10.2. The van der Waals surface area contributed by atoms with Gasteiger partial charge in [0.05, 0.1) is 36.6 Å². The fraction of sp³-hybridized carbons (Fsp3) is 0.240. The van der Waals surface area contributed by atoms with E-state index in [-0.39, 0.29) is 23.5 Å². The predicted octanol–water partition coefficient (Wildman–Crippen LogP) is 2.52. The summed E-state index contributed by atoms with van der Waals surface area (Å²) < 4.78 is 18.1. The van der Waals surface area contributed by atoms with E-state index < -0.39 is 12.0 Å². The lowest BCUT2D eigenvalue weighted by atomic mass is 9.95. The third kappa shape index (κ3) is 4.10.